The highest BCUT2D eigenvalue weighted by atomic mass is 19.1. The van der Waals surface area contributed by atoms with E-state index in [1.54, 1.807) is 6.92 Å². The van der Waals surface area contributed by atoms with Crippen LogP contribution in [0.15, 0.2) is 18.2 Å². The molecule has 6 heteroatoms. The molecule has 1 aliphatic heterocycles. The Morgan fingerprint density at radius 2 is 1.55 bits per heavy atom. The SMILES string of the molecule is CCCC(CC=O)CCC(C)C.Cc1cc(F)cc(F)c1.O=C1CCCC(=O)N1. The number of aldehydes is 1. The predicted molar refractivity (Wildman–Crippen MR) is 111 cm³/mol. The largest absolute Gasteiger partial charge is 0.303 e. The average Bonchev–Trinajstić information content (AvgIpc) is 2.60. The van der Waals surface area contributed by atoms with Gasteiger partial charge in [0.25, 0.3) is 0 Å². The van der Waals surface area contributed by atoms with Crippen molar-refractivity contribution in [3.05, 3.63) is 35.4 Å². The lowest BCUT2D eigenvalue weighted by Gasteiger charge is -2.13. The van der Waals surface area contributed by atoms with Gasteiger partial charge in [0.1, 0.15) is 17.9 Å². The summed E-state index contributed by atoms with van der Waals surface area (Å²) in [6.07, 6.45) is 8.47. The number of carbonyl (C=O) groups excluding carboxylic acids is 3. The van der Waals surface area contributed by atoms with Gasteiger partial charge in [-0.3, -0.25) is 14.9 Å². The molecule has 1 N–H and O–H groups in total. The molecule has 1 aliphatic rings. The van der Waals surface area contributed by atoms with Crippen LogP contribution in [-0.4, -0.2) is 18.1 Å². The number of hydrogen-bond donors (Lipinski definition) is 1. The number of benzene rings is 1. The summed E-state index contributed by atoms with van der Waals surface area (Å²) in [5.41, 5.74) is 0.604. The lowest BCUT2D eigenvalue weighted by atomic mass is 9.92. The van der Waals surface area contributed by atoms with E-state index in [0.29, 0.717) is 30.7 Å². The van der Waals surface area contributed by atoms with Crippen LogP contribution in [-0.2, 0) is 14.4 Å². The minimum absolute atomic E-state index is 0.138. The van der Waals surface area contributed by atoms with Gasteiger partial charge in [-0.05, 0) is 49.3 Å². The van der Waals surface area contributed by atoms with Gasteiger partial charge in [0, 0.05) is 25.3 Å². The molecule has 1 aromatic carbocycles. The van der Waals surface area contributed by atoms with E-state index in [0.717, 1.165) is 24.7 Å². The van der Waals surface area contributed by atoms with Crippen molar-refractivity contribution >= 4 is 18.1 Å². The second kappa shape index (κ2) is 15.8. The Labute approximate surface area is 173 Å². The van der Waals surface area contributed by atoms with Crippen molar-refractivity contribution in [3.63, 3.8) is 0 Å². The number of piperidine rings is 1. The normalized spacial score (nSPS) is 14.2. The molecule has 0 aromatic heterocycles. The van der Waals surface area contributed by atoms with E-state index in [9.17, 15) is 23.2 Å². The van der Waals surface area contributed by atoms with Crippen LogP contribution in [0.3, 0.4) is 0 Å². The molecular formula is C23H35F2NO3. The fourth-order valence-corrected chi connectivity index (χ4v) is 2.88. The molecule has 0 radical (unpaired) electrons. The van der Waals surface area contributed by atoms with Gasteiger partial charge in [-0.2, -0.15) is 0 Å². The molecule has 1 atom stereocenters. The molecule has 1 aromatic rings. The Hall–Kier alpha value is -2.11. The zero-order chi connectivity index (χ0) is 22.2. The van der Waals surface area contributed by atoms with Gasteiger partial charge >= 0.3 is 0 Å². The van der Waals surface area contributed by atoms with E-state index in [1.165, 1.54) is 37.8 Å². The van der Waals surface area contributed by atoms with Crippen molar-refractivity contribution in [3.8, 4) is 0 Å². The Kier molecular flexibility index (Phi) is 14.6. The Bertz CT molecular complexity index is 568. The minimum atomic E-state index is -0.521. The summed E-state index contributed by atoms with van der Waals surface area (Å²) in [5.74, 6) is 0.105. The first-order valence-electron chi connectivity index (χ1n) is 10.4. The number of rotatable bonds is 7. The van der Waals surface area contributed by atoms with Crippen LogP contribution >= 0.6 is 0 Å². The number of halogens is 2. The molecule has 29 heavy (non-hydrogen) atoms. The summed E-state index contributed by atoms with van der Waals surface area (Å²) in [4.78, 5) is 31.0. The molecule has 1 unspecified atom stereocenters. The molecule has 2 rings (SSSR count). The van der Waals surface area contributed by atoms with Gasteiger partial charge in [-0.25, -0.2) is 8.78 Å². The van der Waals surface area contributed by atoms with Gasteiger partial charge in [0.2, 0.25) is 11.8 Å². The number of amides is 2. The summed E-state index contributed by atoms with van der Waals surface area (Å²) in [7, 11) is 0. The van der Waals surface area contributed by atoms with Gasteiger partial charge in [0.15, 0.2) is 0 Å². The van der Waals surface area contributed by atoms with Gasteiger partial charge in [-0.1, -0.05) is 40.0 Å². The summed E-state index contributed by atoms with van der Waals surface area (Å²) in [6.45, 7) is 8.31. The van der Waals surface area contributed by atoms with Crippen LogP contribution in [0.2, 0.25) is 0 Å². The van der Waals surface area contributed by atoms with Crippen LogP contribution in [0.5, 0.6) is 0 Å². The molecule has 1 saturated heterocycles. The number of imide groups is 1. The Morgan fingerprint density at radius 1 is 1.00 bits per heavy atom. The first kappa shape index (κ1) is 26.9. The van der Waals surface area contributed by atoms with E-state index in [4.69, 9.17) is 0 Å². The molecule has 0 saturated carbocycles. The van der Waals surface area contributed by atoms with Crippen molar-refractivity contribution in [2.75, 3.05) is 0 Å². The Balaban J connectivity index is 0.000000414. The molecule has 0 bridgehead atoms. The molecule has 0 aliphatic carbocycles. The molecule has 1 fully saturated rings. The first-order valence-corrected chi connectivity index (χ1v) is 10.4. The molecule has 2 amide bonds. The van der Waals surface area contributed by atoms with Crippen LogP contribution in [0.4, 0.5) is 8.78 Å². The first-order chi connectivity index (χ1) is 13.7. The average molecular weight is 412 g/mol. The number of aryl methyl sites for hydroxylation is 1. The smallest absolute Gasteiger partial charge is 0.226 e. The van der Waals surface area contributed by atoms with Crippen molar-refractivity contribution in [2.45, 2.75) is 79.1 Å². The predicted octanol–water partition coefficient (Wildman–Crippen LogP) is 5.51. The summed E-state index contributed by atoms with van der Waals surface area (Å²) >= 11 is 0. The topological polar surface area (TPSA) is 63.2 Å². The highest BCUT2D eigenvalue weighted by Gasteiger charge is 2.13. The third-order valence-corrected chi connectivity index (χ3v) is 4.37. The van der Waals surface area contributed by atoms with Crippen LogP contribution in [0.1, 0.15) is 77.7 Å². The second-order valence-electron chi connectivity index (χ2n) is 7.80. The van der Waals surface area contributed by atoms with Crippen molar-refractivity contribution in [1.29, 1.82) is 0 Å². The maximum Gasteiger partial charge on any atom is 0.226 e. The highest BCUT2D eigenvalue weighted by Crippen LogP contribution is 2.19. The zero-order valence-corrected chi connectivity index (χ0v) is 18.1. The summed E-state index contributed by atoms with van der Waals surface area (Å²) in [6, 6.07) is 3.42. The van der Waals surface area contributed by atoms with Gasteiger partial charge < -0.3 is 4.79 Å². The second-order valence-corrected chi connectivity index (χ2v) is 7.80. The number of hydrogen-bond acceptors (Lipinski definition) is 3. The van der Waals surface area contributed by atoms with Crippen LogP contribution < -0.4 is 5.32 Å². The van der Waals surface area contributed by atoms with E-state index in [1.807, 2.05) is 0 Å². The standard InChI is InChI=1S/C11H22O.C7H6F2.C5H7NO2/c1-4-5-11(8-9-12)7-6-10(2)3;1-5-2-6(8)4-7(9)3-5;7-4-2-1-3-5(8)6-4/h9-11H,4-8H2,1-3H3;2-4H,1H3;1-3H2,(H,6,7,8). The molecule has 4 nitrogen and oxygen atoms in total. The fourth-order valence-electron chi connectivity index (χ4n) is 2.88. The van der Waals surface area contributed by atoms with E-state index in [2.05, 4.69) is 26.1 Å². The van der Waals surface area contributed by atoms with Crippen LogP contribution in [0, 0.1) is 30.4 Å². The van der Waals surface area contributed by atoms with Crippen molar-refractivity contribution < 1.29 is 23.2 Å². The summed E-state index contributed by atoms with van der Waals surface area (Å²) in [5, 5.41) is 2.20. The zero-order valence-electron chi connectivity index (χ0n) is 18.1. The van der Waals surface area contributed by atoms with E-state index >= 15 is 0 Å². The summed E-state index contributed by atoms with van der Waals surface area (Å²) < 4.78 is 24.4. The quantitative estimate of drug-likeness (QED) is 0.475. The van der Waals surface area contributed by atoms with E-state index in [-0.39, 0.29) is 11.8 Å². The van der Waals surface area contributed by atoms with E-state index < -0.39 is 11.6 Å². The fraction of sp³-hybridized carbons (Fsp3) is 0.609. The third kappa shape index (κ3) is 15.5. The van der Waals surface area contributed by atoms with Crippen molar-refractivity contribution in [2.24, 2.45) is 11.8 Å². The monoisotopic (exact) mass is 411 g/mol. The highest BCUT2D eigenvalue weighted by molar-refractivity contribution is 5.97. The van der Waals surface area contributed by atoms with Gasteiger partial charge in [0.05, 0.1) is 0 Å². The molecule has 1 heterocycles. The maximum absolute atomic E-state index is 12.2. The maximum atomic E-state index is 12.2. The van der Waals surface area contributed by atoms with Crippen molar-refractivity contribution in [1.82, 2.24) is 5.32 Å². The molecule has 164 valence electrons. The lowest BCUT2D eigenvalue weighted by Crippen LogP contribution is -2.33. The number of nitrogens with one attached hydrogen (secondary N) is 1. The van der Waals surface area contributed by atoms with Crippen LogP contribution in [0.25, 0.3) is 0 Å². The third-order valence-electron chi connectivity index (χ3n) is 4.37. The molecule has 0 spiro atoms. The number of carbonyl (C=O) groups is 3. The molecular weight excluding hydrogens is 376 g/mol. The van der Waals surface area contributed by atoms with Gasteiger partial charge in [-0.15, -0.1) is 0 Å². The minimum Gasteiger partial charge on any atom is -0.303 e. The lowest BCUT2D eigenvalue weighted by molar-refractivity contribution is -0.133. The Morgan fingerprint density at radius 3 is 1.90 bits per heavy atom.